The number of nitrogen functional groups attached to an aromatic ring is 1. The van der Waals surface area contributed by atoms with Crippen LogP contribution in [-0.2, 0) is 6.42 Å². The lowest BCUT2D eigenvalue weighted by Crippen LogP contribution is -2.03. The molecule has 2 rings (SSSR count). The van der Waals surface area contributed by atoms with Gasteiger partial charge in [0.15, 0.2) is 0 Å². The first-order valence-corrected chi connectivity index (χ1v) is 6.38. The Morgan fingerprint density at radius 1 is 1.18 bits per heavy atom. The highest BCUT2D eigenvalue weighted by Crippen LogP contribution is 2.30. The molecule has 0 unspecified atom stereocenters. The number of nitrogens with zero attached hydrogens (tertiary/aromatic N) is 2. The monoisotopic (exact) mass is 245 g/mol. The van der Waals surface area contributed by atoms with E-state index in [2.05, 4.69) is 22.1 Å². The zero-order valence-electron chi connectivity index (χ0n) is 9.97. The number of benzene rings is 1. The predicted octanol–water partition coefficient (Wildman–Crippen LogP) is 3.08. The van der Waals surface area contributed by atoms with Crippen LogP contribution in [0.1, 0.15) is 18.3 Å². The second-order valence-electron chi connectivity index (χ2n) is 3.72. The highest BCUT2D eigenvalue weighted by molar-refractivity contribution is 7.99. The molecule has 0 aliphatic rings. The van der Waals surface area contributed by atoms with E-state index in [0.29, 0.717) is 5.82 Å². The van der Waals surface area contributed by atoms with E-state index in [1.807, 2.05) is 32.0 Å². The Labute approximate surface area is 105 Å². The van der Waals surface area contributed by atoms with Gasteiger partial charge in [0.05, 0.1) is 0 Å². The molecule has 0 aliphatic carbocycles. The molecule has 0 amide bonds. The number of anilines is 1. The van der Waals surface area contributed by atoms with E-state index in [0.717, 1.165) is 27.7 Å². The number of aryl methyl sites for hydroxylation is 1. The van der Waals surface area contributed by atoms with E-state index < -0.39 is 0 Å². The number of nitrogens with two attached hydrogens (primary N) is 1. The van der Waals surface area contributed by atoms with Gasteiger partial charge in [0.1, 0.15) is 16.7 Å². The van der Waals surface area contributed by atoms with Crippen LogP contribution in [-0.4, -0.2) is 9.97 Å². The van der Waals surface area contributed by atoms with Crippen LogP contribution >= 0.6 is 11.8 Å². The summed E-state index contributed by atoms with van der Waals surface area (Å²) in [7, 11) is 0. The number of hydrogen-bond acceptors (Lipinski definition) is 4. The van der Waals surface area contributed by atoms with Gasteiger partial charge in [-0.3, -0.25) is 0 Å². The van der Waals surface area contributed by atoms with Crippen molar-refractivity contribution in [2.45, 2.75) is 30.2 Å². The van der Waals surface area contributed by atoms with Gasteiger partial charge in [0.25, 0.3) is 0 Å². The van der Waals surface area contributed by atoms with Crippen molar-refractivity contribution >= 4 is 17.6 Å². The van der Waals surface area contributed by atoms with E-state index >= 15 is 0 Å². The maximum Gasteiger partial charge on any atom is 0.131 e. The molecule has 0 saturated carbocycles. The quantitative estimate of drug-likeness (QED) is 0.844. The molecule has 1 aromatic carbocycles. The molecular formula is C13H15N3S. The minimum Gasteiger partial charge on any atom is -0.383 e. The van der Waals surface area contributed by atoms with Crippen molar-refractivity contribution in [3.8, 4) is 0 Å². The van der Waals surface area contributed by atoms with Gasteiger partial charge in [-0.25, -0.2) is 9.97 Å². The average molecular weight is 245 g/mol. The third-order valence-electron chi connectivity index (χ3n) is 2.46. The van der Waals surface area contributed by atoms with Crippen LogP contribution in [0.15, 0.2) is 40.3 Å². The van der Waals surface area contributed by atoms with E-state index in [4.69, 9.17) is 5.73 Å². The minimum absolute atomic E-state index is 0.579. The standard InChI is InChI=1S/C13H15N3S/c1-3-11-15-12(14)9(2)13(16-11)17-10-7-5-4-6-8-10/h4-8H,3H2,1-2H3,(H2,14,15,16). The van der Waals surface area contributed by atoms with Crippen molar-refractivity contribution in [2.75, 3.05) is 5.73 Å². The first-order chi connectivity index (χ1) is 8.20. The van der Waals surface area contributed by atoms with E-state index in [-0.39, 0.29) is 0 Å². The van der Waals surface area contributed by atoms with Gasteiger partial charge in [0.2, 0.25) is 0 Å². The lowest BCUT2D eigenvalue weighted by molar-refractivity contribution is 0.878. The van der Waals surface area contributed by atoms with E-state index in [9.17, 15) is 0 Å². The second-order valence-corrected chi connectivity index (χ2v) is 4.79. The van der Waals surface area contributed by atoms with Crippen LogP contribution in [0.3, 0.4) is 0 Å². The Hall–Kier alpha value is -1.55. The summed E-state index contributed by atoms with van der Waals surface area (Å²) < 4.78 is 0. The fourth-order valence-electron chi connectivity index (χ4n) is 1.42. The van der Waals surface area contributed by atoms with Crippen molar-refractivity contribution in [2.24, 2.45) is 0 Å². The fraction of sp³-hybridized carbons (Fsp3) is 0.231. The lowest BCUT2D eigenvalue weighted by atomic mass is 10.3. The maximum absolute atomic E-state index is 5.89. The second kappa shape index (κ2) is 5.19. The molecule has 1 aromatic heterocycles. The van der Waals surface area contributed by atoms with Gasteiger partial charge in [-0.2, -0.15) is 0 Å². The Morgan fingerprint density at radius 3 is 2.53 bits per heavy atom. The zero-order chi connectivity index (χ0) is 12.3. The molecule has 1 heterocycles. The molecule has 0 spiro atoms. The number of hydrogen-bond donors (Lipinski definition) is 1. The highest BCUT2D eigenvalue weighted by atomic mass is 32.2. The summed E-state index contributed by atoms with van der Waals surface area (Å²) in [5.74, 6) is 1.38. The molecule has 88 valence electrons. The van der Waals surface area contributed by atoms with Crippen LogP contribution in [0.5, 0.6) is 0 Å². The van der Waals surface area contributed by atoms with Crippen molar-refractivity contribution < 1.29 is 0 Å². The first kappa shape index (κ1) is 11.9. The summed E-state index contributed by atoms with van der Waals surface area (Å²) in [5, 5.41) is 0.945. The molecule has 0 radical (unpaired) electrons. The Balaban J connectivity index is 2.35. The minimum atomic E-state index is 0.579. The van der Waals surface area contributed by atoms with E-state index in [1.165, 1.54) is 0 Å². The molecule has 3 nitrogen and oxygen atoms in total. The third kappa shape index (κ3) is 2.77. The van der Waals surface area contributed by atoms with Crippen LogP contribution < -0.4 is 5.73 Å². The lowest BCUT2D eigenvalue weighted by Gasteiger charge is -2.08. The molecule has 0 fully saturated rings. The zero-order valence-corrected chi connectivity index (χ0v) is 10.8. The molecule has 4 heteroatoms. The Morgan fingerprint density at radius 2 is 1.88 bits per heavy atom. The molecule has 17 heavy (non-hydrogen) atoms. The summed E-state index contributed by atoms with van der Waals surface area (Å²) in [4.78, 5) is 9.93. The van der Waals surface area contributed by atoms with Crippen LogP contribution in [0.25, 0.3) is 0 Å². The molecule has 0 atom stereocenters. The summed E-state index contributed by atoms with van der Waals surface area (Å²) in [6.07, 6.45) is 0.798. The van der Waals surface area contributed by atoms with Crippen molar-refractivity contribution in [3.05, 3.63) is 41.7 Å². The Kier molecular flexibility index (Phi) is 3.64. The summed E-state index contributed by atoms with van der Waals surface area (Å²) >= 11 is 1.63. The largest absolute Gasteiger partial charge is 0.383 e. The molecule has 0 aliphatic heterocycles. The van der Waals surface area contributed by atoms with Crippen LogP contribution in [0.2, 0.25) is 0 Å². The third-order valence-corrected chi connectivity index (χ3v) is 3.56. The van der Waals surface area contributed by atoms with Crippen molar-refractivity contribution in [1.29, 1.82) is 0 Å². The molecule has 2 N–H and O–H groups in total. The van der Waals surface area contributed by atoms with Gasteiger partial charge in [0, 0.05) is 16.9 Å². The SMILES string of the molecule is CCc1nc(N)c(C)c(Sc2ccccc2)n1. The van der Waals surface area contributed by atoms with Gasteiger partial charge < -0.3 is 5.73 Å². The fourth-order valence-corrected chi connectivity index (χ4v) is 2.34. The van der Waals surface area contributed by atoms with Gasteiger partial charge in [-0.05, 0) is 19.1 Å². The van der Waals surface area contributed by atoms with Gasteiger partial charge in [-0.15, -0.1) is 0 Å². The van der Waals surface area contributed by atoms with Crippen LogP contribution in [0.4, 0.5) is 5.82 Å². The highest BCUT2D eigenvalue weighted by Gasteiger charge is 2.09. The molecular weight excluding hydrogens is 230 g/mol. The number of rotatable bonds is 3. The first-order valence-electron chi connectivity index (χ1n) is 5.56. The van der Waals surface area contributed by atoms with Crippen LogP contribution in [0, 0.1) is 6.92 Å². The normalized spacial score (nSPS) is 10.5. The van der Waals surface area contributed by atoms with Gasteiger partial charge >= 0.3 is 0 Å². The van der Waals surface area contributed by atoms with Gasteiger partial charge in [-0.1, -0.05) is 36.9 Å². The predicted molar refractivity (Wildman–Crippen MR) is 71.1 cm³/mol. The smallest absolute Gasteiger partial charge is 0.131 e. The van der Waals surface area contributed by atoms with Crippen molar-refractivity contribution in [1.82, 2.24) is 9.97 Å². The number of aromatic nitrogens is 2. The summed E-state index contributed by atoms with van der Waals surface area (Å²) in [6, 6.07) is 10.2. The van der Waals surface area contributed by atoms with Crippen molar-refractivity contribution in [3.63, 3.8) is 0 Å². The molecule has 0 bridgehead atoms. The molecule has 2 aromatic rings. The topological polar surface area (TPSA) is 51.8 Å². The maximum atomic E-state index is 5.89. The summed E-state index contributed by atoms with van der Waals surface area (Å²) in [5.41, 5.74) is 6.84. The van der Waals surface area contributed by atoms with E-state index in [1.54, 1.807) is 11.8 Å². The summed E-state index contributed by atoms with van der Waals surface area (Å²) in [6.45, 7) is 3.99. The Bertz CT molecular complexity index is 512. The average Bonchev–Trinajstić information content (AvgIpc) is 2.36. The molecule has 0 saturated heterocycles.